The van der Waals surface area contributed by atoms with E-state index in [2.05, 4.69) is 27.2 Å². The number of rotatable bonds is 7. The Morgan fingerprint density at radius 2 is 2.03 bits per heavy atom. The average Bonchev–Trinajstić information content (AvgIpc) is 3.70. The van der Waals surface area contributed by atoms with Crippen LogP contribution >= 0.6 is 0 Å². The van der Waals surface area contributed by atoms with Gasteiger partial charge in [-0.25, -0.2) is 0 Å². The van der Waals surface area contributed by atoms with Crippen LogP contribution in [-0.4, -0.2) is 54.4 Å². The molecule has 1 aliphatic heterocycles. The van der Waals surface area contributed by atoms with Crippen LogP contribution in [0.3, 0.4) is 0 Å². The number of hydrogen-bond donors (Lipinski definition) is 1. The van der Waals surface area contributed by atoms with E-state index in [0.717, 1.165) is 37.3 Å². The number of nitrogens with one attached hydrogen (secondary N) is 1. The van der Waals surface area contributed by atoms with Crippen molar-refractivity contribution in [2.45, 2.75) is 43.7 Å². The summed E-state index contributed by atoms with van der Waals surface area (Å²) in [6.45, 7) is 2.80. The zero-order valence-corrected chi connectivity index (χ0v) is 17.0. The van der Waals surface area contributed by atoms with Gasteiger partial charge in [-0.2, -0.15) is 0 Å². The van der Waals surface area contributed by atoms with Crippen LogP contribution in [-0.2, 0) is 4.74 Å². The molecular weight excluding hydrogens is 378 g/mol. The standard InChI is InChI=1S/C24H27N3O3/c28-24(21-13-23(30-26-21)18-8-9-18)25-22-15-27(20-10-11-20)14-19(22)16-29-12-4-7-17-5-2-1-3-6-17/h1-3,5-6,13,18-20,22H,8-12,14-16H2,(H,25,28). The highest BCUT2D eigenvalue weighted by atomic mass is 16.5. The van der Waals surface area contributed by atoms with Gasteiger partial charge in [0.05, 0.1) is 6.61 Å². The summed E-state index contributed by atoms with van der Waals surface area (Å²) < 4.78 is 11.2. The smallest absolute Gasteiger partial charge is 0.273 e. The number of carbonyl (C=O) groups is 1. The first-order chi connectivity index (χ1) is 14.8. The van der Waals surface area contributed by atoms with Crippen molar-refractivity contribution in [1.29, 1.82) is 0 Å². The SMILES string of the molecule is O=C(NC1CN(C2CC2)CC1COCC#Cc1ccccc1)c1cc(C2CC2)on1. The number of benzene rings is 1. The molecule has 30 heavy (non-hydrogen) atoms. The third-order valence-electron chi connectivity index (χ3n) is 6.10. The molecule has 6 nitrogen and oxygen atoms in total. The molecule has 1 aromatic carbocycles. The lowest BCUT2D eigenvalue weighted by molar-refractivity contribution is 0.0882. The monoisotopic (exact) mass is 405 g/mol. The van der Waals surface area contributed by atoms with Gasteiger partial charge >= 0.3 is 0 Å². The van der Waals surface area contributed by atoms with Crippen LogP contribution in [0.4, 0.5) is 0 Å². The van der Waals surface area contributed by atoms with Crippen LogP contribution in [0.5, 0.6) is 0 Å². The Labute approximate surface area is 176 Å². The molecule has 1 aromatic heterocycles. The molecule has 2 unspecified atom stereocenters. The van der Waals surface area contributed by atoms with E-state index in [1.165, 1.54) is 12.8 Å². The Hall–Kier alpha value is -2.62. The molecule has 156 valence electrons. The highest BCUT2D eigenvalue weighted by molar-refractivity contribution is 5.92. The number of hydrogen-bond acceptors (Lipinski definition) is 5. The molecule has 2 heterocycles. The number of amides is 1. The molecule has 0 spiro atoms. The first-order valence-electron chi connectivity index (χ1n) is 10.9. The molecule has 6 heteroatoms. The first kappa shape index (κ1) is 19.3. The zero-order valence-electron chi connectivity index (χ0n) is 17.0. The maximum absolute atomic E-state index is 12.7. The van der Waals surface area contributed by atoms with Crippen molar-refractivity contribution in [3.05, 3.63) is 53.4 Å². The second-order valence-corrected chi connectivity index (χ2v) is 8.60. The van der Waals surface area contributed by atoms with E-state index < -0.39 is 0 Å². The molecule has 1 amide bonds. The Bertz CT molecular complexity index is 937. The van der Waals surface area contributed by atoms with Gasteiger partial charge in [0, 0.05) is 48.6 Å². The molecule has 2 aliphatic carbocycles. The first-order valence-corrected chi connectivity index (χ1v) is 10.9. The summed E-state index contributed by atoms with van der Waals surface area (Å²) >= 11 is 0. The number of carbonyl (C=O) groups excluding carboxylic acids is 1. The largest absolute Gasteiger partial charge is 0.368 e. The number of ether oxygens (including phenoxy) is 1. The summed E-state index contributed by atoms with van der Waals surface area (Å²) in [6.07, 6.45) is 4.76. The van der Waals surface area contributed by atoms with Gasteiger partial charge < -0.3 is 14.6 Å². The molecule has 2 saturated carbocycles. The predicted octanol–water partition coefficient (Wildman–Crippen LogP) is 2.81. The lowest BCUT2D eigenvalue weighted by Gasteiger charge is -2.18. The predicted molar refractivity (Wildman–Crippen MR) is 112 cm³/mol. The summed E-state index contributed by atoms with van der Waals surface area (Å²) in [5.41, 5.74) is 1.38. The van der Waals surface area contributed by atoms with E-state index in [1.54, 1.807) is 6.07 Å². The minimum absolute atomic E-state index is 0.0567. The molecule has 5 rings (SSSR count). The highest BCUT2D eigenvalue weighted by Gasteiger charge is 2.41. The molecular formula is C24H27N3O3. The van der Waals surface area contributed by atoms with Gasteiger partial charge in [-0.05, 0) is 37.8 Å². The Balaban J connectivity index is 1.15. The Morgan fingerprint density at radius 1 is 1.20 bits per heavy atom. The molecule has 2 aromatic rings. The lowest BCUT2D eigenvalue weighted by atomic mass is 10.0. The van der Waals surface area contributed by atoms with E-state index in [-0.39, 0.29) is 17.9 Å². The minimum atomic E-state index is -0.151. The van der Waals surface area contributed by atoms with E-state index in [0.29, 0.717) is 30.9 Å². The quantitative estimate of drug-likeness (QED) is 0.567. The van der Waals surface area contributed by atoms with Crippen LogP contribution in [0, 0.1) is 17.8 Å². The number of aromatic nitrogens is 1. The van der Waals surface area contributed by atoms with Gasteiger partial charge in [-0.1, -0.05) is 35.2 Å². The fourth-order valence-electron chi connectivity index (χ4n) is 4.09. The van der Waals surface area contributed by atoms with E-state index in [9.17, 15) is 4.79 Å². The van der Waals surface area contributed by atoms with Gasteiger partial charge in [0.15, 0.2) is 5.69 Å². The summed E-state index contributed by atoms with van der Waals surface area (Å²) in [5.74, 6) is 7.58. The van der Waals surface area contributed by atoms with Crippen molar-refractivity contribution < 1.29 is 14.1 Å². The zero-order chi connectivity index (χ0) is 20.3. The minimum Gasteiger partial charge on any atom is -0.368 e. The average molecular weight is 405 g/mol. The fourth-order valence-corrected chi connectivity index (χ4v) is 4.09. The van der Waals surface area contributed by atoms with Crippen molar-refractivity contribution in [2.75, 3.05) is 26.3 Å². The summed E-state index contributed by atoms with van der Waals surface area (Å²) in [6, 6.07) is 12.4. The van der Waals surface area contributed by atoms with Crippen molar-refractivity contribution in [3.63, 3.8) is 0 Å². The second-order valence-electron chi connectivity index (χ2n) is 8.60. The van der Waals surface area contributed by atoms with Crippen molar-refractivity contribution in [1.82, 2.24) is 15.4 Å². The Morgan fingerprint density at radius 3 is 2.80 bits per heavy atom. The molecule has 1 saturated heterocycles. The topological polar surface area (TPSA) is 67.6 Å². The maximum Gasteiger partial charge on any atom is 0.273 e. The normalized spacial score (nSPS) is 23.7. The number of nitrogens with zero attached hydrogens (tertiary/aromatic N) is 2. The van der Waals surface area contributed by atoms with E-state index >= 15 is 0 Å². The molecule has 2 atom stereocenters. The highest BCUT2D eigenvalue weighted by Crippen LogP contribution is 2.40. The van der Waals surface area contributed by atoms with Gasteiger partial charge in [0.25, 0.3) is 5.91 Å². The third kappa shape index (κ3) is 4.75. The molecule has 3 aliphatic rings. The van der Waals surface area contributed by atoms with Crippen LogP contribution < -0.4 is 5.32 Å². The second kappa shape index (κ2) is 8.63. The third-order valence-corrected chi connectivity index (χ3v) is 6.10. The van der Waals surface area contributed by atoms with Gasteiger partial charge in [0.1, 0.15) is 12.4 Å². The van der Waals surface area contributed by atoms with Crippen molar-refractivity contribution in [3.8, 4) is 11.8 Å². The maximum atomic E-state index is 12.7. The van der Waals surface area contributed by atoms with E-state index in [4.69, 9.17) is 9.26 Å². The summed E-state index contributed by atoms with van der Waals surface area (Å²) in [7, 11) is 0. The summed E-state index contributed by atoms with van der Waals surface area (Å²) in [5, 5.41) is 7.15. The van der Waals surface area contributed by atoms with Crippen molar-refractivity contribution in [2.24, 2.45) is 5.92 Å². The molecule has 0 radical (unpaired) electrons. The van der Waals surface area contributed by atoms with Crippen LogP contribution in [0.15, 0.2) is 40.9 Å². The molecule has 3 fully saturated rings. The van der Waals surface area contributed by atoms with Crippen LogP contribution in [0.25, 0.3) is 0 Å². The number of likely N-dealkylation sites (tertiary alicyclic amines) is 1. The van der Waals surface area contributed by atoms with Gasteiger partial charge in [0.2, 0.25) is 0 Å². The van der Waals surface area contributed by atoms with E-state index in [1.807, 2.05) is 30.3 Å². The lowest BCUT2D eigenvalue weighted by Crippen LogP contribution is -2.42. The van der Waals surface area contributed by atoms with Crippen molar-refractivity contribution >= 4 is 5.91 Å². The van der Waals surface area contributed by atoms with Gasteiger partial charge in [-0.15, -0.1) is 0 Å². The Kier molecular flexibility index (Phi) is 5.56. The van der Waals surface area contributed by atoms with Crippen LogP contribution in [0.2, 0.25) is 0 Å². The summed E-state index contributed by atoms with van der Waals surface area (Å²) in [4.78, 5) is 15.2. The fraction of sp³-hybridized carbons (Fsp3) is 0.500. The molecule has 0 bridgehead atoms. The van der Waals surface area contributed by atoms with Gasteiger partial charge in [-0.3, -0.25) is 9.69 Å². The molecule has 1 N–H and O–H groups in total. The van der Waals surface area contributed by atoms with Crippen LogP contribution in [0.1, 0.15) is 53.4 Å².